The molecule has 1 unspecified atom stereocenters. The van der Waals surface area contributed by atoms with E-state index in [-0.39, 0.29) is 10.7 Å². The summed E-state index contributed by atoms with van der Waals surface area (Å²) in [7, 11) is 3.38. The third-order valence-corrected chi connectivity index (χ3v) is 7.94. The molecule has 0 bridgehead atoms. The SMILES string of the molecule is Bc1ccc(Nc2ncnc3cc(OCC4C[C@@H]5CN(CC(C)C)C[C@@H]5C4)c(OC)cc23)c(F)c1Cl. The fourth-order valence-electron chi connectivity index (χ4n) is 5.84. The van der Waals surface area contributed by atoms with Crippen molar-refractivity contribution in [3.05, 3.63) is 41.4 Å². The highest BCUT2D eigenvalue weighted by molar-refractivity contribution is 6.45. The first-order chi connectivity index (χ1) is 17.3. The average Bonchev–Trinajstić information content (AvgIpc) is 3.40. The van der Waals surface area contributed by atoms with Crippen molar-refractivity contribution in [3.63, 3.8) is 0 Å². The van der Waals surface area contributed by atoms with Crippen molar-refractivity contribution in [2.24, 2.45) is 23.7 Å². The summed E-state index contributed by atoms with van der Waals surface area (Å²) in [6.45, 7) is 8.90. The second-order valence-electron chi connectivity index (χ2n) is 10.7. The average molecular weight is 511 g/mol. The molecule has 1 saturated heterocycles. The van der Waals surface area contributed by atoms with Crippen molar-refractivity contribution in [3.8, 4) is 11.5 Å². The number of aromatic nitrogens is 2. The molecule has 1 aliphatic heterocycles. The molecule has 2 fully saturated rings. The van der Waals surface area contributed by atoms with Gasteiger partial charge in [-0.05, 0) is 48.6 Å². The van der Waals surface area contributed by atoms with Gasteiger partial charge in [-0.15, -0.1) is 0 Å². The molecular weight excluding hydrogens is 478 g/mol. The molecule has 1 saturated carbocycles. The standard InChI is InChI=1S/C27H33BClFN4O2/c1-15(2)10-34-11-17-6-16(7-18(17)12-34)13-36-24-9-22-19(8-23(24)35-3)27(32-14-31-22)33-21-5-4-20(28)25(29)26(21)30/h4-5,8-9,14-18H,6-7,10-13,28H2,1-3H3,(H,31,32,33)/t16?,17-,18+. The van der Waals surface area contributed by atoms with E-state index in [9.17, 15) is 4.39 Å². The first-order valence-corrected chi connectivity index (χ1v) is 13.1. The fourth-order valence-corrected chi connectivity index (χ4v) is 6.00. The maximum absolute atomic E-state index is 14.7. The van der Waals surface area contributed by atoms with E-state index >= 15 is 0 Å². The van der Waals surface area contributed by atoms with E-state index in [1.165, 1.54) is 38.8 Å². The third-order valence-electron chi connectivity index (χ3n) is 7.47. The molecule has 0 radical (unpaired) electrons. The van der Waals surface area contributed by atoms with Crippen molar-refractivity contribution in [2.75, 3.05) is 38.7 Å². The van der Waals surface area contributed by atoms with Gasteiger partial charge in [-0.1, -0.05) is 37.0 Å². The lowest BCUT2D eigenvalue weighted by atomic mass is 9.96. The summed E-state index contributed by atoms with van der Waals surface area (Å²) in [4.78, 5) is 11.4. The Morgan fingerprint density at radius 2 is 1.92 bits per heavy atom. The summed E-state index contributed by atoms with van der Waals surface area (Å²) < 4.78 is 26.6. The minimum Gasteiger partial charge on any atom is -0.493 e. The van der Waals surface area contributed by atoms with Crippen LogP contribution < -0.4 is 20.3 Å². The van der Waals surface area contributed by atoms with Gasteiger partial charge in [0.1, 0.15) is 20.0 Å². The first kappa shape index (κ1) is 25.1. The molecular formula is C27H33BClFN4O2. The highest BCUT2D eigenvalue weighted by Gasteiger charge is 2.41. The molecule has 3 atom stereocenters. The molecule has 1 aromatic heterocycles. The Labute approximate surface area is 217 Å². The van der Waals surface area contributed by atoms with Crippen LogP contribution in [-0.2, 0) is 0 Å². The number of nitrogens with one attached hydrogen (secondary N) is 1. The largest absolute Gasteiger partial charge is 0.493 e. The minimum atomic E-state index is -0.510. The van der Waals surface area contributed by atoms with Crippen molar-refractivity contribution in [1.29, 1.82) is 0 Å². The summed E-state index contributed by atoms with van der Waals surface area (Å²) in [5.41, 5.74) is 1.62. The van der Waals surface area contributed by atoms with Gasteiger partial charge in [-0.3, -0.25) is 0 Å². The monoisotopic (exact) mass is 510 g/mol. The summed E-state index contributed by atoms with van der Waals surface area (Å²) >= 11 is 6.10. The number of hydrogen-bond donors (Lipinski definition) is 1. The summed E-state index contributed by atoms with van der Waals surface area (Å²) in [5.74, 6) is 4.07. The molecule has 1 N–H and O–H groups in total. The Balaban J connectivity index is 1.29. The van der Waals surface area contributed by atoms with E-state index in [0.717, 1.165) is 17.8 Å². The summed E-state index contributed by atoms with van der Waals surface area (Å²) in [6, 6.07) is 7.13. The molecule has 190 valence electrons. The third kappa shape index (κ3) is 5.11. The highest BCUT2D eigenvalue weighted by Crippen LogP contribution is 2.43. The number of hydrogen-bond acceptors (Lipinski definition) is 6. The lowest BCUT2D eigenvalue weighted by Crippen LogP contribution is -2.27. The zero-order valence-corrected chi connectivity index (χ0v) is 22.1. The molecule has 2 aliphatic rings. The topological polar surface area (TPSA) is 59.5 Å². The van der Waals surface area contributed by atoms with E-state index < -0.39 is 5.82 Å². The van der Waals surface area contributed by atoms with E-state index in [1.807, 2.05) is 12.1 Å². The number of ether oxygens (including phenoxy) is 2. The van der Waals surface area contributed by atoms with Crippen molar-refractivity contribution < 1.29 is 13.9 Å². The zero-order chi connectivity index (χ0) is 25.4. The number of likely N-dealkylation sites (tertiary alicyclic amines) is 1. The van der Waals surface area contributed by atoms with Crippen LogP contribution >= 0.6 is 11.6 Å². The molecule has 0 amide bonds. The fraction of sp³-hybridized carbons (Fsp3) is 0.481. The zero-order valence-electron chi connectivity index (χ0n) is 21.4. The van der Waals surface area contributed by atoms with Crippen molar-refractivity contribution in [1.82, 2.24) is 14.9 Å². The molecule has 1 aliphatic carbocycles. The molecule has 9 heteroatoms. The molecule has 0 spiro atoms. The van der Waals surface area contributed by atoms with Crippen LogP contribution in [-0.4, -0.2) is 56.1 Å². The van der Waals surface area contributed by atoms with E-state index in [0.29, 0.717) is 46.2 Å². The van der Waals surface area contributed by atoms with Crippen LogP contribution in [0.15, 0.2) is 30.6 Å². The number of nitrogens with zero attached hydrogens (tertiary/aromatic N) is 3. The Kier molecular flexibility index (Phi) is 7.26. The van der Waals surface area contributed by atoms with Crippen LogP contribution in [0.5, 0.6) is 11.5 Å². The van der Waals surface area contributed by atoms with Gasteiger partial charge in [0.05, 0.1) is 29.9 Å². The number of benzene rings is 2. The van der Waals surface area contributed by atoms with Gasteiger partial charge >= 0.3 is 0 Å². The van der Waals surface area contributed by atoms with Gasteiger partial charge in [0.15, 0.2) is 17.3 Å². The number of rotatable bonds is 8. The molecule has 2 heterocycles. The lowest BCUT2D eigenvalue weighted by Gasteiger charge is -2.21. The normalized spacial score (nSPS) is 21.8. The predicted molar refractivity (Wildman–Crippen MR) is 145 cm³/mol. The lowest BCUT2D eigenvalue weighted by molar-refractivity contribution is 0.216. The highest BCUT2D eigenvalue weighted by atomic mass is 35.5. The van der Waals surface area contributed by atoms with E-state index in [2.05, 4.69) is 34.0 Å². The minimum absolute atomic E-state index is 0.0929. The van der Waals surface area contributed by atoms with Gasteiger partial charge in [0, 0.05) is 31.1 Å². The first-order valence-electron chi connectivity index (χ1n) is 12.7. The van der Waals surface area contributed by atoms with Gasteiger partial charge < -0.3 is 19.7 Å². The van der Waals surface area contributed by atoms with Crippen LogP contribution in [0.1, 0.15) is 26.7 Å². The maximum Gasteiger partial charge on any atom is 0.164 e. The van der Waals surface area contributed by atoms with Crippen LogP contribution in [0.2, 0.25) is 5.02 Å². The smallest absolute Gasteiger partial charge is 0.164 e. The summed E-state index contributed by atoms with van der Waals surface area (Å²) in [6.07, 6.45) is 3.89. The quantitative estimate of drug-likeness (QED) is 0.453. The summed E-state index contributed by atoms with van der Waals surface area (Å²) in [5, 5.41) is 3.86. The second kappa shape index (κ2) is 10.4. The van der Waals surface area contributed by atoms with E-state index in [1.54, 1.807) is 27.1 Å². The molecule has 5 rings (SSSR count). The van der Waals surface area contributed by atoms with Crippen LogP contribution in [0.3, 0.4) is 0 Å². The number of methoxy groups -OCH3 is 1. The van der Waals surface area contributed by atoms with Gasteiger partial charge in [-0.25, -0.2) is 14.4 Å². The van der Waals surface area contributed by atoms with Crippen LogP contribution in [0, 0.1) is 29.5 Å². The maximum atomic E-state index is 14.7. The van der Waals surface area contributed by atoms with Crippen molar-refractivity contribution in [2.45, 2.75) is 26.7 Å². The van der Waals surface area contributed by atoms with Gasteiger partial charge in [0.25, 0.3) is 0 Å². The number of fused-ring (bicyclic) bond motifs is 2. The van der Waals surface area contributed by atoms with Crippen molar-refractivity contribution >= 4 is 47.3 Å². The van der Waals surface area contributed by atoms with Crippen LogP contribution in [0.4, 0.5) is 15.9 Å². The molecule has 2 aromatic carbocycles. The van der Waals surface area contributed by atoms with Gasteiger partial charge in [-0.2, -0.15) is 0 Å². The Bertz CT molecular complexity index is 1250. The van der Waals surface area contributed by atoms with Crippen LogP contribution in [0.25, 0.3) is 10.9 Å². The Morgan fingerprint density at radius 1 is 1.17 bits per heavy atom. The van der Waals surface area contributed by atoms with E-state index in [4.69, 9.17) is 21.1 Å². The Morgan fingerprint density at radius 3 is 2.61 bits per heavy atom. The second-order valence-corrected chi connectivity index (χ2v) is 11.1. The molecule has 3 aromatic rings. The predicted octanol–water partition coefficient (Wildman–Crippen LogP) is 4.43. The molecule has 36 heavy (non-hydrogen) atoms. The number of anilines is 2. The number of halogens is 2. The van der Waals surface area contributed by atoms with Gasteiger partial charge in [0.2, 0.25) is 0 Å². The molecule has 6 nitrogen and oxygen atoms in total. The Hall–Kier alpha value is -2.58.